The number of hydrogen-bond donors (Lipinski definition) is 1. The standard InChI is InChI=1S/C21H31NO2S/c1-2-3-4-5-6-7-8-9-10-11-12-13-14-15-16-17-18-19-20(23)22-21(24)25-19/h3-4,6-7,9-10,12-13,19H,2,5,8,11,14-18H2,1H3,(H,22,23,24)/b4-3-,7-6-,10-9-,13-12-. The van der Waals surface area contributed by atoms with Crippen molar-refractivity contribution in [2.45, 2.75) is 70.0 Å². The maximum absolute atomic E-state index is 11.4. The molecule has 1 aliphatic rings. The van der Waals surface area contributed by atoms with Crippen LogP contribution < -0.4 is 5.32 Å². The van der Waals surface area contributed by atoms with Gasteiger partial charge in [0.25, 0.3) is 5.24 Å². The predicted molar refractivity (Wildman–Crippen MR) is 109 cm³/mol. The number of carbonyl (C=O) groups excluding carboxylic acids is 2. The Morgan fingerprint density at radius 2 is 1.44 bits per heavy atom. The number of allylic oxidation sites excluding steroid dienone is 8. The Bertz CT molecular complexity index is 506. The van der Waals surface area contributed by atoms with Gasteiger partial charge < -0.3 is 0 Å². The van der Waals surface area contributed by atoms with Crippen molar-refractivity contribution in [1.29, 1.82) is 0 Å². The Morgan fingerprint density at radius 3 is 2.00 bits per heavy atom. The molecule has 0 aliphatic carbocycles. The molecule has 1 N–H and O–H groups in total. The first kappa shape index (κ1) is 21.5. The Kier molecular flexibility index (Phi) is 12.7. The maximum atomic E-state index is 11.4. The predicted octanol–water partition coefficient (Wildman–Crippen LogP) is 6.09. The van der Waals surface area contributed by atoms with Crippen molar-refractivity contribution in [3.05, 3.63) is 48.6 Å². The smallest absolute Gasteiger partial charge is 0.286 e. The maximum Gasteiger partial charge on any atom is 0.286 e. The van der Waals surface area contributed by atoms with Crippen LogP contribution in [-0.4, -0.2) is 16.4 Å². The van der Waals surface area contributed by atoms with Crippen molar-refractivity contribution in [1.82, 2.24) is 5.32 Å². The SMILES string of the molecule is CC/C=C\C/C=C\C/C=C\C/C=C\CCCCCC1SC(=O)NC1=O. The van der Waals surface area contributed by atoms with Crippen molar-refractivity contribution in [3.63, 3.8) is 0 Å². The molecule has 0 radical (unpaired) electrons. The van der Waals surface area contributed by atoms with Gasteiger partial charge in [-0.15, -0.1) is 0 Å². The molecule has 0 bridgehead atoms. The monoisotopic (exact) mass is 361 g/mol. The lowest BCUT2D eigenvalue weighted by molar-refractivity contribution is -0.119. The number of thioether (sulfide) groups is 1. The quantitative estimate of drug-likeness (QED) is 0.319. The van der Waals surface area contributed by atoms with Crippen LogP contribution in [0, 0.1) is 0 Å². The van der Waals surface area contributed by atoms with Gasteiger partial charge in [-0.2, -0.15) is 0 Å². The number of imide groups is 1. The molecule has 3 nitrogen and oxygen atoms in total. The van der Waals surface area contributed by atoms with Crippen molar-refractivity contribution in [2.24, 2.45) is 0 Å². The molecule has 1 aliphatic heterocycles. The highest BCUT2D eigenvalue weighted by Crippen LogP contribution is 2.24. The molecule has 1 saturated heterocycles. The Hall–Kier alpha value is -1.55. The lowest BCUT2D eigenvalue weighted by atomic mass is 10.1. The number of unbranched alkanes of at least 4 members (excludes halogenated alkanes) is 3. The van der Waals surface area contributed by atoms with Crippen LogP contribution in [0.5, 0.6) is 0 Å². The minimum Gasteiger partial charge on any atom is -0.286 e. The van der Waals surface area contributed by atoms with E-state index in [4.69, 9.17) is 0 Å². The molecule has 4 heteroatoms. The van der Waals surface area contributed by atoms with Gasteiger partial charge in [-0.1, -0.05) is 80.1 Å². The second-order valence-corrected chi connectivity index (χ2v) is 7.20. The van der Waals surface area contributed by atoms with Crippen LogP contribution in [0.4, 0.5) is 4.79 Å². The van der Waals surface area contributed by atoms with Gasteiger partial charge in [-0.05, 0) is 44.9 Å². The van der Waals surface area contributed by atoms with E-state index in [0.717, 1.165) is 69.5 Å². The number of hydrogen-bond acceptors (Lipinski definition) is 3. The van der Waals surface area contributed by atoms with E-state index in [-0.39, 0.29) is 16.4 Å². The van der Waals surface area contributed by atoms with Crippen molar-refractivity contribution in [3.8, 4) is 0 Å². The largest absolute Gasteiger partial charge is 0.286 e. The summed E-state index contributed by atoms with van der Waals surface area (Å²) in [6.45, 7) is 2.15. The topological polar surface area (TPSA) is 46.2 Å². The summed E-state index contributed by atoms with van der Waals surface area (Å²) < 4.78 is 0. The molecule has 0 aromatic rings. The van der Waals surface area contributed by atoms with Crippen LogP contribution >= 0.6 is 11.8 Å². The molecule has 0 aromatic carbocycles. The lowest BCUT2D eigenvalue weighted by Crippen LogP contribution is -2.23. The first-order valence-electron chi connectivity index (χ1n) is 9.35. The van der Waals surface area contributed by atoms with Crippen LogP contribution in [-0.2, 0) is 4.79 Å². The second-order valence-electron chi connectivity index (χ2n) is 6.02. The van der Waals surface area contributed by atoms with Crippen LogP contribution in [0.2, 0.25) is 0 Å². The van der Waals surface area contributed by atoms with Gasteiger partial charge in [0, 0.05) is 0 Å². The summed E-state index contributed by atoms with van der Waals surface area (Å²) >= 11 is 1.13. The molecule has 0 aromatic heterocycles. The highest BCUT2D eigenvalue weighted by Gasteiger charge is 2.30. The summed E-state index contributed by atoms with van der Waals surface area (Å²) in [4.78, 5) is 22.4. The van der Waals surface area contributed by atoms with Crippen molar-refractivity contribution >= 4 is 22.9 Å². The molecular formula is C21H31NO2S. The van der Waals surface area contributed by atoms with E-state index in [2.05, 4.69) is 60.8 Å². The number of amides is 2. The van der Waals surface area contributed by atoms with E-state index >= 15 is 0 Å². The third-order valence-corrected chi connectivity index (χ3v) is 4.87. The molecular weight excluding hydrogens is 330 g/mol. The van der Waals surface area contributed by atoms with E-state index in [1.165, 1.54) is 0 Å². The van der Waals surface area contributed by atoms with E-state index < -0.39 is 0 Å². The summed E-state index contributed by atoms with van der Waals surface area (Å²) in [5, 5.41) is 1.97. The van der Waals surface area contributed by atoms with Gasteiger partial charge in [0.15, 0.2) is 0 Å². The summed E-state index contributed by atoms with van der Waals surface area (Å²) in [6.07, 6.45) is 26.9. The zero-order valence-corrected chi connectivity index (χ0v) is 16.1. The minimum atomic E-state index is -0.199. The number of nitrogens with one attached hydrogen (secondary N) is 1. The molecule has 1 rings (SSSR count). The summed E-state index contributed by atoms with van der Waals surface area (Å²) in [5.41, 5.74) is 0. The fourth-order valence-electron chi connectivity index (χ4n) is 2.45. The third-order valence-electron chi connectivity index (χ3n) is 3.82. The molecule has 138 valence electrons. The molecule has 0 spiro atoms. The molecule has 2 amide bonds. The van der Waals surface area contributed by atoms with Crippen LogP contribution in [0.1, 0.15) is 64.7 Å². The van der Waals surface area contributed by atoms with Crippen LogP contribution in [0.25, 0.3) is 0 Å². The van der Waals surface area contributed by atoms with E-state index in [9.17, 15) is 9.59 Å². The Morgan fingerprint density at radius 1 is 0.840 bits per heavy atom. The van der Waals surface area contributed by atoms with E-state index in [1.54, 1.807) is 0 Å². The summed E-state index contributed by atoms with van der Waals surface area (Å²) in [6, 6.07) is 0. The zero-order valence-electron chi connectivity index (χ0n) is 15.3. The first-order chi connectivity index (χ1) is 12.2. The average molecular weight is 362 g/mol. The molecule has 1 atom stereocenters. The highest BCUT2D eigenvalue weighted by atomic mass is 32.2. The van der Waals surface area contributed by atoms with Gasteiger partial charge in [0.1, 0.15) is 0 Å². The van der Waals surface area contributed by atoms with Gasteiger partial charge in [0.2, 0.25) is 5.91 Å². The van der Waals surface area contributed by atoms with Crippen LogP contribution in [0.15, 0.2) is 48.6 Å². The normalized spacial score (nSPS) is 18.5. The molecule has 1 fully saturated rings. The molecule has 1 heterocycles. The summed E-state index contributed by atoms with van der Waals surface area (Å²) in [5.74, 6) is -0.117. The van der Waals surface area contributed by atoms with E-state index in [1.807, 2.05) is 0 Å². The average Bonchev–Trinajstić information content (AvgIpc) is 2.92. The van der Waals surface area contributed by atoms with Gasteiger partial charge in [0.05, 0.1) is 5.25 Å². The zero-order chi connectivity index (χ0) is 18.2. The fraction of sp³-hybridized carbons (Fsp3) is 0.524. The minimum absolute atomic E-state index is 0.117. The molecule has 0 saturated carbocycles. The Labute approximate surface area is 156 Å². The fourth-order valence-corrected chi connectivity index (χ4v) is 3.32. The lowest BCUT2D eigenvalue weighted by Gasteiger charge is -2.03. The van der Waals surface area contributed by atoms with Crippen molar-refractivity contribution in [2.75, 3.05) is 0 Å². The Balaban J connectivity index is 1.91. The second kappa shape index (κ2) is 14.8. The third kappa shape index (κ3) is 11.6. The van der Waals surface area contributed by atoms with Crippen LogP contribution in [0.3, 0.4) is 0 Å². The summed E-state index contributed by atoms with van der Waals surface area (Å²) in [7, 11) is 0. The van der Waals surface area contributed by atoms with Gasteiger partial charge >= 0.3 is 0 Å². The first-order valence-corrected chi connectivity index (χ1v) is 10.2. The van der Waals surface area contributed by atoms with Gasteiger partial charge in [-0.3, -0.25) is 14.9 Å². The molecule has 1 unspecified atom stereocenters. The molecule has 25 heavy (non-hydrogen) atoms. The van der Waals surface area contributed by atoms with Gasteiger partial charge in [-0.25, -0.2) is 0 Å². The number of rotatable bonds is 13. The van der Waals surface area contributed by atoms with Crippen molar-refractivity contribution < 1.29 is 9.59 Å². The number of carbonyl (C=O) groups is 2. The highest BCUT2D eigenvalue weighted by molar-refractivity contribution is 8.15. The van der Waals surface area contributed by atoms with E-state index in [0.29, 0.717) is 0 Å².